The number of anilines is 2. The molecule has 0 unspecified atom stereocenters. The van der Waals surface area contributed by atoms with Crippen molar-refractivity contribution in [3.05, 3.63) is 58.0 Å². The van der Waals surface area contributed by atoms with E-state index in [0.717, 1.165) is 13.0 Å². The number of nitrogens with one attached hydrogen (secondary N) is 1. The number of amides is 1. The number of carbonyl (C=O) groups is 1. The summed E-state index contributed by atoms with van der Waals surface area (Å²) in [6, 6.07) is 6.98. The number of pyridine rings is 1. The van der Waals surface area contributed by atoms with Gasteiger partial charge in [-0.2, -0.15) is 0 Å². The Kier molecular flexibility index (Phi) is 6.01. The van der Waals surface area contributed by atoms with Crippen molar-refractivity contribution in [2.45, 2.75) is 18.0 Å². The third-order valence-electron chi connectivity index (χ3n) is 4.08. The molecule has 1 aliphatic heterocycles. The Bertz CT molecular complexity index is 915. The molecule has 1 aromatic carbocycles. The number of rotatable bonds is 5. The summed E-state index contributed by atoms with van der Waals surface area (Å²) >= 11 is 8.14. The van der Waals surface area contributed by atoms with Crippen LogP contribution in [0.15, 0.2) is 41.0 Å². The lowest BCUT2D eigenvalue weighted by Gasteiger charge is -2.17. The van der Waals surface area contributed by atoms with Gasteiger partial charge in [0.25, 0.3) is 5.91 Å². The number of benzene rings is 1. The van der Waals surface area contributed by atoms with Gasteiger partial charge in [-0.15, -0.1) is 8.78 Å². The van der Waals surface area contributed by atoms with Gasteiger partial charge in [0.05, 0.1) is 16.6 Å². The molecule has 1 aliphatic rings. The number of hydrogen-bond donors (Lipinski definition) is 1. The van der Waals surface area contributed by atoms with E-state index in [1.165, 1.54) is 30.5 Å². The van der Waals surface area contributed by atoms with E-state index in [1.807, 2.05) is 4.90 Å². The Morgan fingerprint density at radius 3 is 2.71 bits per heavy atom. The minimum atomic E-state index is -3.80. The molecule has 2 heterocycles. The van der Waals surface area contributed by atoms with Crippen molar-refractivity contribution in [1.82, 2.24) is 4.98 Å². The van der Waals surface area contributed by atoms with Crippen LogP contribution in [0.5, 0.6) is 5.75 Å². The molecule has 0 saturated carbocycles. The van der Waals surface area contributed by atoms with Gasteiger partial charge in [-0.3, -0.25) is 4.79 Å². The molecule has 0 aliphatic carbocycles. The van der Waals surface area contributed by atoms with Crippen LogP contribution in [-0.4, -0.2) is 35.6 Å². The maximum atomic E-state index is 12.6. The fourth-order valence-electron chi connectivity index (χ4n) is 2.77. The topological polar surface area (TPSA) is 58.8 Å². The highest BCUT2D eigenvalue weighted by atomic mass is 79.9. The first-order valence-corrected chi connectivity index (χ1v) is 9.36. The minimum absolute atomic E-state index is 0.0395. The summed E-state index contributed by atoms with van der Waals surface area (Å²) in [5.74, 6) is 0.151. The molecule has 1 fully saturated rings. The average Bonchev–Trinajstić information content (AvgIpc) is 3.11. The summed E-state index contributed by atoms with van der Waals surface area (Å²) in [5, 5.41) is 2.65. The second-order valence-corrected chi connectivity index (χ2v) is 7.37. The molecule has 2 aromatic rings. The van der Waals surface area contributed by atoms with Crippen LogP contribution in [-0.2, 0) is 0 Å². The molecule has 0 radical (unpaired) electrons. The molecule has 28 heavy (non-hydrogen) atoms. The molecule has 3 rings (SSSR count). The highest BCUT2D eigenvalue weighted by Gasteiger charge is 2.29. The van der Waals surface area contributed by atoms with Gasteiger partial charge in [0.1, 0.15) is 11.6 Å². The normalized spacial score (nSPS) is 16.5. The monoisotopic (exact) mass is 470 g/mol. The quantitative estimate of drug-likeness (QED) is 0.504. The zero-order valence-electron chi connectivity index (χ0n) is 14.3. The van der Waals surface area contributed by atoms with Crippen molar-refractivity contribution in [3.63, 3.8) is 0 Å². The van der Waals surface area contributed by atoms with Crippen LogP contribution in [0.2, 0.25) is 0 Å². The van der Waals surface area contributed by atoms with E-state index in [2.05, 4.69) is 35.8 Å². The van der Waals surface area contributed by atoms with Crippen LogP contribution in [0.4, 0.5) is 20.3 Å². The number of halogens is 4. The molecular weight excluding hydrogens is 458 g/mol. The summed E-state index contributed by atoms with van der Waals surface area (Å²) in [4.78, 5) is 22.3. The number of nitrogens with zero attached hydrogens (tertiary/aromatic N) is 3. The van der Waals surface area contributed by atoms with E-state index >= 15 is 0 Å². The van der Waals surface area contributed by atoms with Crippen molar-refractivity contribution in [2.75, 3.05) is 23.3 Å². The van der Waals surface area contributed by atoms with E-state index < -0.39 is 11.5 Å². The van der Waals surface area contributed by atoms with Crippen LogP contribution in [0.1, 0.15) is 16.8 Å². The number of aromatic nitrogens is 1. The van der Waals surface area contributed by atoms with Crippen molar-refractivity contribution in [3.8, 4) is 5.75 Å². The lowest BCUT2D eigenvalue weighted by atomic mass is 10.2. The van der Waals surface area contributed by atoms with E-state index in [-0.39, 0.29) is 11.8 Å². The molecular formula is C18H14BrClF2N4O2. The van der Waals surface area contributed by atoms with Crippen LogP contribution in [0, 0.1) is 6.57 Å². The van der Waals surface area contributed by atoms with E-state index in [9.17, 15) is 13.6 Å². The molecule has 1 saturated heterocycles. The zero-order chi connectivity index (χ0) is 20.3. The van der Waals surface area contributed by atoms with Crippen molar-refractivity contribution in [2.24, 2.45) is 0 Å². The number of alkyl halides is 3. The Hall–Kier alpha value is -2.44. The minimum Gasteiger partial charge on any atom is -0.420 e. The first-order chi connectivity index (χ1) is 13.2. The smallest absolute Gasteiger partial charge is 0.420 e. The number of hydrogen-bond acceptors (Lipinski definition) is 4. The highest BCUT2D eigenvalue weighted by molar-refractivity contribution is 9.10. The third kappa shape index (κ3) is 5.09. The van der Waals surface area contributed by atoms with Crippen molar-refractivity contribution < 1.29 is 18.3 Å². The van der Waals surface area contributed by atoms with Crippen LogP contribution in [0.25, 0.3) is 4.85 Å². The van der Waals surface area contributed by atoms with Gasteiger partial charge in [-0.1, -0.05) is 0 Å². The first-order valence-electron chi connectivity index (χ1n) is 8.19. The summed E-state index contributed by atoms with van der Waals surface area (Å²) in [6.45, 7) is 8.46. The maximum absolute atomic E-state index is 12.6. The Morgan fingerprint density at radius 1 is 1.43 bits per heavy atom. The number of carbonyl (C=O) groups excluding carboxylic acids is 1. The van der Waals surface area contributed by atoms with Crippen molar-refractivity contribution in [1.29, 1.82) is 0 Å². The van der Waals surface area contributed by atoms with E-state index in [1.54, 1.807) is 6.07 Å². The fraction of sp³-hybridized carbons (Fsp3) is 0.278. The predicted octanol–water partition coefficient (Wildman–Crippen LogP) is 4.76. The molecule has 0 bridgehead atoms. The largest absolute Gasteiger partial charge is 0.487 e. The van der Waals surface area contributed by atoms with Crippen LogP contribution in [0.3, 0.4) is 0 Å². The lowest BCUT2D eigenvalue weighted by molar-refractivity contribution is -0.0964. The van der Waals surface area contributed by atoms with Gasteiger partial charge in [-0.25, -0.2) is 11.6 Å². The molecule has 1 aromatic heterocycles. The molecule has 0 spiro atoms. The summed E-state index contributed by atoms with van der Waals surface area (Å²) in [7, 11) is 0. The standard InChI is InChI=1S/C18H14BrClF2N4O2/c1-23-13-6-7-26(10-13)16-15(19)8-11(9-24-16)17(27)25-12-2-4-14(5-3-12)28-18(20,21)22/h2-5,8-9,13H,6-7,10H2,(H,25,27)/t13-/m1/s1. The van der Waals surface area contributed by atoms with Crippen LogP contribution < -0.4 is 15.0 Å². The zero-order valence-corrected chi connectivity index (χ0v) is 16.7. The Morgan fingerprint density at radius 2 is 2.14 bits per heavy atom. The van der Waals surface area contributed by atoms with Gasteiger partial charge in [0.2, 0.25) is 6.04 Å². The van der Waals surface area contributed by atoms with E-state index in [4.69, 9.17) is 18.2 Å². The second kappa shape index (κ2) is 8.29. The molecule has 146 valence electrons. The van der Waals surface area contributed by atoms with Crippen molar-refractivity contribution >= 4 is 44.9 Å². The Labute approximate surface area is 173 Å². The third-order valence-corrected chi connectivity index (χ3v) is 4.74. The molecule has 10 heteroatoms. The van der Waals surface area contributed by atoms with Gasteiger partial charge in [0, 0.05) is 36.5 Å². The Balaban J connectivity index is 1.66. The number of ether oxygens (including phenoxy) is 1. The summed E-state index contributed by atoms with van der Waals surface area (Å²) < 4.78 is 30.1. The van der Waals surface area contributed by atoms with E-state index in [0.29, 0.717) is 28.1 Å². The van der Waals surface area contributed by atoms with Gasteiger partial charge in [0.15, 0.2) is 0 Å². The molecule has 1 N–H and O–H groups in total. The predicted molar refractivity (Wildman–Crippen MR) is 105 cm³/mol. The maximum Gasteiger partial charge on any atom is 0.487 e. The fourth-order valence-corrected chi connectivity index (χ4v) is 3.46. The van der Waals surface area contributed by atoms with Gasteiger partial charge in [-0.05, 0) is 46.3 Å². The van der Waals surface area contributed by atoms with Gasteiger partial charge >= 0.3 is 5.57 Å². The van der Waals surface area contributed by atoms with Crippen LogP contribution >= 0.6 is 27.5 Å². The first kappa shape index (κ1) is 20.3. The summed E-state index contributed by atoms with van der Waals surface area (Å²) in [5.41, 5.74) is -3.08. The molecule has 1 atom stereocenters. The SMILES string of the molecule is [C-]#[N+][C@@H]1CCN(c2ncc(C(=O)Nc3ccc(OC(F)(F)Cl)cc3)cc2Br)C1. The summed E-state index contributed by atoms with van der Waals surface area (Å²) in [6.07, 6.45) is 2.24. The average molecular weight is 472 g/mol. The highest BCUT2D eigenvalue weighted by Crippen LogP contribution is 2.29. The molecule has 6 nitrogen and oxygen atoms in total. The second-order valence-electron chi connectivity index (χ2n) is 6.07. The molecule has 1 amide bonds. The lowest BCUT2D eigenvalue weighted by Crippen LogP contribution is -2.22. The van der Waals surface area contributed by atoms with Gasteiger partial charge < -0.3 is 19.8 Å².